The van der Waals surface area contributed by atoms with E-state index in [-0.39, 0.29) is 46.6 Å². The van der Waals surface area contributed by atoms with Crippen molar-refractivity contribution in [2.24, 2.45) is 0 Å². The Hall–Kier alpha value is 1.66. The van der Waals surface area contributed by atoms with Crippen molar-refractivity contribution >= 4 is 0 Å². The van der Waals surface area contributed by atoms with Crippen molar-refractivity contribution in [1.82, 2.24) is 0 Å². The van der Waals surface area contributed by atoms with Gasteiger partial charge < -0.3 is 0 Å². The van der Waals surface area contributed by atoms with Crippen LogP contribution in [-0.2, 0) is 39.8 Å². The third-order valence-electron chi connectivity index (χ3n) is 0. The van der Waals surface area contributed by atoms with E-state index >= 15 is 0 Å². The number of hydrogen-bond donors (Lipinski definition) is 0. The van der Waals surface area contributed by atoms with Crippen LogP contribution in [0.2, 0.25) is 0 Å². The van der Waals surface area contributed by atoms with E-state index in [0.29, 0.717) is 0 Å². The van der Waals surface area contributed by atoms with Gasteiger partial charge >= 0.3 is 56.3 Å². The molecule has 0 fully saturated rings. The van der Waals surface area contributed by atoms with Gasteiger partial charge in [0.15, 0.2) is 0 Å². The molecule has 0 aliphatic heterocycles. The van der Waals surface area contributed by atoms with Crippen molar-refractivity contribution in [2.45, 2.75) is 0 Å². The van der Waals surface area contributed by atoms with E-state index in [2.05, 4.69) is 0 Å². The summed E-state index contributed by atoms with van der Waals surface area (Å²) in [5.41, 5.74) is 0. The molecule has 0 aliphatic carbocycles. The van der Waals surface area contributed by atoms with E-state index in [4.69, 9.17) is 11.4 Å². The maximum atomic E-state index is 8.56. The van der Waals surface area contributed by atoms with Crippen LogP contribution in [0.5, 0.6) is 0 Å². The van der Waals surface area contributed by atoms with Gasteiger partial charge in [0.05, 0.1) is 0 Å². The summed E-state index contributed by atoms with van der Waals surface area (Å²) in [5.74, 6) is 0. The molecule has 6 heavy (non-hydrogen) atoms. The Morgan fingerprint density at radius 2 is 1.33 bits per heavy atom. The molecule has 0 aromatic heterocycles. The number of hydrogen-bond acceptors (Lipinski definition) is 3. The molecule has 0 atom stereocenters. The van der Waals surface area contributed by atoms with Crippen LogP contribution < -0.4 is 33.6 Å². The molecule has 3 nitrogen and oxygen atoms in total. The van der Waals surface area contributed by atoms with Crippen molar-refractivity contribution in [3.63, 3.8) is 0 Å². The first-order valence-electron chi connectivity index (χ1n) is 0.548. The van der Waals surface area contributed by atoms with Crippen molar-refractivity contribution in [3.05, 3.63) is 0 Å². The number of rotatable bonds is 0. The van der Waals surface area contributed by atoms with Crippen LogP contribution in [0.1, 0.15) is 0 Å². The molecular formula is FeNaO3V. The maximum absolute atomic E-state index is 8.56. The first kappa shape index (κ1) is 15.6. The molecule has 32 valence electrons. The summed E-state index contributed by atoms with van der Waals surface area (Å²) >= 11 is -3.94. The Kier molecular flexibility index (Phi) is 25.6. The van der Waals surface area contributed by atoms with E-state index in [0.717, 1.165) is 0 Å². The van der Waals surface area contributed by atoms with Gasteiger partial charge in [-0.15, -0.1) is 0 Å². The van der Waals surface area contributed by atoms with Gasteiger partial charge in [0.1, 0.15) is 0 Å². The molecule has 0 amide bonds. The summed E-state index contributed by atoms with van der Waals surface area (Å²) in [6.45, 7) is 0. The molecule has 0 aromatic rings. The molecule has 0 radical (unpaired) electrons. The predicted molar refractivity (Wildman–Crippen MR) is 1.37 cm³/mol. The second-order valence-corrected chi connectivity index (χ2v) is 0.922. The summed E-state index contributed by atoms with van der Waals surface area (Å²) in [5, 5.41) is 0. The van der Waals surface area contributed by atoms with Crippen LogP contribution in [0, 0.1) is 0 Å². The van der Waals surface area contributed by atoms with E-state index in [9.17, 15) is 0 Å². The van der Waals surface area contributed by atoms with Crippen LogP contribution in [0.4, 0.5) is 0 Å². The average Bonchev–Trinajstić information content (AvgIpc) is 0.811. The SMILES string of the molecule is [Fe].[Na+].[O]=[V](=[O])[O-]. The molecule has 6 heteroatoms. The second-order valence-electron chi connectivity index (χ2n) is 0.224. The molecule has 0 aromatic carbocycles. The Balaban J connectivity index is -0.0000000450. The zero-order valence-corrected chi connectivity index (χ0v) is 7.53. The van der Waals surface area contributed by atoms with Crippen LogP contribution >= 0.6 is 0 Å². The van der Waals surface area contributed by atoms with Gasteiger partial charge in [-0.3, -0.25) is 0 Å². The van der Waals surface area contributed by atoms with E-state index < -0.39 is 15.4 Å². The molecule has 0 bridgehead atoms. The van der Waals surface area contributed by atoms with Gasteiger partial charge in [-0.1, -0.05) is 0 Å². The molecule has 0 rings (SSSR count). The molecule has 0 saturated heterocycles. The summed E-state index contributed by atoms with van der Waals surface area (Å²) < 4.78 is 25.7. The second kappa shape index (κ2) is 9.83. The predicted octanol–water partition coefficient (Wildman–Crippen LogP) is -4.43. The molecule has 0 aliphatic rings. The Labute approximate surface area is 72.6 Å². The zero-order valence-electron chi connectivity index (χ0n) is 3.03. The van der Waals surface area contributed by atoms with E-state index in [1.54, 1.807) is 0 Å². The molecule has 0 spiro atoms. The third-order valence-corrected chi connectivity index (χ3v) is 0. The quantitative estimate of drug-likeness (QED) is 0.351. The van der Waals surface area contributed by atoms with Gasteiger partial charge in [0.25, 0.3) is 0 Å². The first-order valence-corrected chi connectivity index (χ1v) is 2.26. The van der Waals surface area contributed by atoms with Gasteiger partial charge in [0.2, 0.25) is 0 Å². The summed E-state index contributed by atoms with van der Waals surface area (Å²) in [6, 6.07) is 0. The zero-order chi connectivity index (χ0) is 3.58. The van der Waals surface area contributed by atoms with E-state index in [1.165, 1.54) is 0 Å². The molecular weight excluding hydrogens is 178 g/mol. The minimum atomic E-state index is -3.94. The van der Waals surface area contributed by atoms with Crippen LogP contribution in [0.25, 0.3) is 0 Å². The van der Waals surface area contributed by atoms with Gasteiger partial charge in [-0.05, 0) is 0 Å². The Morgan fingerprint density at radius 1 is 1.33 bits per heavy atom. The van der Waals surface area contributed by atoms with Gasteiger partial charge in [0, 0.05) is 17.1 Å². The summed E-state index contributed by atoms with van der Waals surface area (Å²) in [6.07, 6.45) is 0. The fourth-order valence-electron chi connectivity index (χ4n) is 0. The van der Waals surface area contributed by atoms with Gasteiger partial charge in [-0.25, -0.2) is 0 Å². The van der Waals surface area contributed by atoms with Gasteiger partial charge in [-0.2, -0.15) is 0 Å². The summed E-state index contributed by atoms with van der Waals surface area (Å²) in [4.78, 5) is 0. The topological polar surface area (TPSA) is 57.2 Å². The Bertz CT molecular complexity index is 59.2. The van der Waals surface area contributed by atoms with Crippen LogP contribution in [-0.4, -0.2) is 0 Å². The fraction of sp³-hybridized carbons (Fsp3) is 0. The Morgan fingerprint density at radius 3 is 1.33 bits per heavy atom. The van der Waals surface area contributed by atoms with Crippen molar-refractivity contribution in [2.75, 3.05) is 0 Å². The third kappa shape index (κ3) is 44.5. The minimum absolute atomic E-state index is 0. The van der Waals surface area contributed by atoms with Crippen molar-refractivity contribution < 1.29 is 73.4 Å². The van der Waals surface area contributed by atoms with Crippen molar-refractivity contribution in [3.8, 4) is 0 Å². The standard InChI is InChI=1S/Fe.Na.3O.V/q;+1;;;-1;. The fourth-order valence-corrected chi connectivity index (χ4v) is 0. The molecule has 0 heterocycles. The molecule has 0 saturated carbocycles. The summed E-state index contributed by atoms with van der Waals surface area (Å²) in [7, 11) is 0. The normalized spacial score (nSPS) is 4.17. The van der Waals surface area contributed by atoms with E-state index in [1.807, 2.05) is 0 Å². The first-order chi connectivity index (χ1) is 1.73. The molecule has 0 unspecified atom stereocenters. The monoisotopic (exact) mass is 178 g/mol. The molecule has 0 N–H and O–H groups in total. The average molecular weight is 178 g/mol. The van der Waals surface area contributed by atoms with Crippen LogP contribution in [0.15, 0.2) is 0 Å². The van der Waals surface area contributed by atoms with Crippen molar-refractivity contribution in [1.29, 1.82) is 0 Å². The van der Waals surface area contributed by atoms with Crippen LogP contribution in [0.3, 0.4) is 0 Å².